The number of nitrogens with two attached hydrogens (primary N) is 2. The first kappa shape index (κ1) is 11.2. The standard InChI is InChI=1S/C10H13N3O2/c11-8(10(14)15)5-6-3-1-2-4-7(6)9(12)13/h1-4,8H,5,11H2,(H3,12,13)(H,14,15)/t8-/m0/s1. The van der Waals surface area contributed by atoms with Crippen molar-refractivity contribution < 1.29 is 9.90 Å². The molecule has 1 atom stereocenters. The summed E-state index contributed by atoms with van der Waals surface area (Å²) in [5, 5.41) is 16.0. The van der Waals surface area contributed by atoms with Gasteiger partial charge in [0.15, 0.2) is 0 Å². The molecular formula is C10H13N3O2. The minimum atomic E-state index is -1.06. The maximum absolute atomic E-state index is 10.6. The summed E-state index contributed by atoms with van der Waals surface area (Å²) in [6.07, 6.45) is 0.172. The van der Waals surface area contributed by atoms with Crippen LogP contribution >= 0.6 is 0 Å². The summed E-state index contributed by atoms with van der Waals surface area (Å²) in [5.41, 5.74) is 12.0. The van der Waals surface area contributed by atoms with E-state index in [9.17, 15) is 4.79 Å². The van der Waals surface area contributed by atoms with Gasteiger partial charge in [-0.1, -0.05) is 24.3 Å². The van der Waals surface area contributed by atoms with Gasteiger partial charge in [0.05, 0.1) is 0 Å². The lowest BCUT2D eigenvalue weighted by Gasteiger charge is -2.10. The van der Waals surface area contributed by atoms with Gasteiger partial charge in [0.2, 0.25) is 0 Å². The van der Waals surface area contributed by atoms with Crippen LogP contribution in [0.4, 0.5) is 0 Å². The van der Waals surface area contributed by atoms with E-state index in [1.54, 1.807) is 24.3 Å². The maximum Gasteiger partial charge on any atom is 0.320 e. The molecule has 0 aliphatic rings. The van der Waals surface area contributed by atoms with E-state index in [1.165, 1.54) is 0 Å². The van der Waals surface area contributed by atoms with Gasteiger partial charge in [-0.3, -0.25) is 10.2 Å². The van der Waals surface area contributed by atoms with E-state index in [1.807, 2.05) is 0 Å². The number of nitrogen functional groups attached to an aromatic ring is 1. The van der Waals surface area contributed by atoms with Crippen molar-refractivity contribution in [2.75, 3.05) is 0 Å². The van der Waals surface area contributed by atoms with Crippen LogP contribution in [0.1, 0.15) is 11.1 Å². The first-order valence-corrected chi connectivity index (χ1v) is 4.43. The monoisotopic (exact) mass is 207 g/mol. The molecule has 80 valence electrons. The van der Waals surface area contributed by atoms with Gasteiger partial charge < -0.3 is 16.6 Å². The number of aliphatic carboxylic acids is 1. The maximum atomic E-state index is 10.6. The molecule has 1 aromatic carbocycles. The lowest BCUT2D eigenvalue weighted by atomic mass is 10.00. The Bertz CT molecular complexity index is 390. The molecule has 0 heterocycles. The Morgan fingerprint density at radius 3 is 2.60 bits per heavy atom. The number of hydrogen-bond donors (Lipinski definition) is 4. The summed E-state index contributed by atoms with van der Waals surface area (Å²) in [7, 11) is 0. The van der Waals surface area contributed by atoms with Gasteiger partial charge in [0, 0.05) is 5.56 Å². The predicted molar refractivity (Wildman–Crippen MR) is 56.8 cm³/mol. The summed E-state index contributed by atoms with van der Waals surface area (Å²) >= 11 is 0. The zero-order valence-corrected chi connectivity index (χ0v) is 8.10. The highest BCUT2D eigenvalue weighted by molar-refractivity contribution is 5.96. The van der Waals surface area contributed by atoms with Crippen molar-refractivity contribution in [3.63, 3.8) is 0 Å². The Morgan fingerprint density at radius 2 is 2.07 bits per heavy atom. The number of nitrogens with one attached hydrogen (secondary N) is 1. The Balaban J connectivity index is 2.94. The molecule has 15 heavy (non-hydrogen) atoms. The predicted octanol–water partition coefficient (Wildman–Crippen LogP) is -0.0749. The highest BCUT2D eigenvalue weighted by Gasteiger charge is 2.14. The molecule has 0 fully saturated rings. The first-order chi connectivity index (χ1) is 7.02. The smallest absolute Gasteiger partial charge is 0.320 e. The highest BCUT2D eigenvalue weighted by Crippen LogP contribution is 2.10. The van der Waals surface area contributed by atoms with Gasteiger partial charge in [0.1, 0.15) is 11.9 Å². The molecule has 0 unspecified atom stereocenters. The van der Waals surface area contributed by atoms with Gasteiger partial charge in [-0.05, 0) is 12.0 Å². The van der Waals surface area contributed by atoms with Crippen LogP contribution in [0.5, 0.6) is 0 Å². The molecule has 0 saturated heterocycles. The van der Waals surface area contributed by atoms with E-state index in [0.717, 1.165) is 0 Å². The largest absolute Gasteiger partial charge is 0.480 e. The van der Waals surface area contributed by atoms with Crippen molar-refractivity contribution in [3.8, 4) is 0 Å². The molecular weight excluding hydrogens is 194 g/mol. The molecule has 5 heteroatoms. The highest BCUT2D eigenvalue weighted by atomic mass is 16.4. The summed E-state index contributed by atoms with van der Waals surface area (Å²) in [4.78, 5) is 10.6. The molecule has 0 aliphatic carbocycles. The Hall–Kier alpha value is -1.88. The SMILES string of the molecule is N=C(N)c1ccccc1C[C@H](N)C(=O)O. The van der Waals surface area contributed by atoms with Crippen LogP contribution in [-0.4, -0.2) is 23.0 Å². The molecule has 0 bridgehead atoms. The van der Waals surface area contributed by atoms with E-state index >= 15 is 0 Å². The van der Waals surface area contributed by atoms with Crippen LogP contribution in [0.25, 0.3) is 0 Å². The molecule has 0 aromatic heterocycles. The van der Waals surface area contributed by atoms with Crippen LogP contribution in [0.3, 0.4) is 0 Å². The first-order valence-electron chi connectivity index (χ1n) is 4.43. The Kier molecular flexibility index (Phi) is 3.41. The van der Waals surface area contributed by atoms with Gasteiger partial charge in [-0.15, -0.1) is 0 Å². The van der Waals surface area contributed by atoms with Crippen molar-refractivity contribution in [1.29, 1.82) is 5.41 Å². The van der Waals surface area contributed by atoms with Crippen molar-refractivity contribution in [1.82, 2.24) is 0 Å². The molecule has 0 aliphatic heterocycles. The van der Waals surface area contributed by atoms with Crippen molar-refractivity contribution in [2.45, 2.75) is 12.5 Å². The molecule has 1 rings (SSSR count). The van der Waals surface area contributed by atoms with Crippen LogP contribution in [0, 0.1) is 5.41 Å². The molecule has 0 amide bonds. The molecule has 5 nitrogen and oxygen atoms in total. The normalized spacial score (nSPS) is 12.1. The van der Waals surface area contributed by atoms with Crippen molar-refractivity contribution in [3.05, 3.63) is 35.4 Å². The minimum absolute atomic E-state index is 0.0804. The molecule has 6 N–H and O–H groups in total. The number of carboxylic acid groups (broad SMARTS) is 1. The lowest BCUT2D eigenvalue weighted by molar-refractivity contribution is -0.138. The number of hydrogen-bond acceptors (Lipinski definition) is 3. The van der Waals surface area contributed by atoms with E-state index in [0.29, 0.717) is 11.1 Å². The lowest BCUT2D eigenvalue weighted by Crippen LogP contribution is -2.33. The Labute approximate surface area is 87.2 Å². The third kappa shape index (κ3) is 2.78. The summed E-state index contributed by atoms with van der Waals surface area (Å²) in [6.45, 7) is 0. The second-order valence-corrected chi connectivity index (χ2v) is 3.22. The van der Waals surface area contributed by atoms with Gasteiger partial charge in [0.25, 0.3) is 0 Å². The van der Waals surface area contributed by atoms with Crippen molar-refractivity contribution in [2.24, 2.45) is 11.5 Å². The van der Waals surface area contributed by atoms with Crippen molar-refractivity contribution >= 4 is 11.8 Å². The fourth-order valence-electron chi connectivity index (χ4n) is 1.29. The number of carboxylic acids is 1. The average Bonchev–Trinajstić information content (AvgIpc) is 2.18. The van der Waals surface area contributed by atoms with E-state index < -0.39 is 12.0 Å². The van der Waals surface area contributed by atoms with E-state index in [4.69, 9.17) is 22.0 Å². The molecule has 1 aromatic rings. The number of rotatable bonds is 4. The summed E-state index contributed by atoms with van der Waals surface area (Å²) < 4.78 is 0. The summed E-state index contributed by atoms with van der Waals surface area (Å²) in [5.74, 6) is -1.14. The third-order valence-corrected chi connectivity index (χ3v) is 2.06. The van der Waals surface area contributed by atoms with Crippen LogP contribution in [0.15, 0.2) is 24.3 Å². The quantitative estimate of drug-likeness (QED) is 0.408. The topological polar surface area (TPSA) is 113 Å². The molecule has 0 radical (unpaired) electrons. The fraction of sp³-hybridized carbons (Fsp3) is 0.200. The van der Waals surface area contributed by atoms with E-state index in [2.05, 4.69) is 0 Å². The number of carbonyl (C=O) groups is 1. The minimum Gasteiger partial charge on any atom is -0.480 e. The average molecular weight is 207 g/mol. The van der Waals surface area contributed by atoms with E-state index in [-0.39, 0.29) is 12.3 Å². The molecule has 0 saturated carbocycles. The number of amidine groups is 1. The summed E-state index contributed by atoms with van der Waals surface area (Å²) in [6, 6.07) is 5.93. The van der Waals surface area contributed by atoms with Crippen LogP contribution in [-0.2, 0) is 11.2 Å². The van der Waals surface area contributed by atoms with Crippen LogP contribution in [0.2, 0.25) is 0 Å². The Morgan fingerprint density at radius 1 is 1.47 bits per heavy atom. The molecule has 0 spiro atoms. The van der Waals surface area contributed by atoms with Crippen LogP contribution < -0.4 is 11.5 Å². The fourth-order valence-corrected chi connectivity index (χ4v) is 1.29. The second-order valence-electron chi connectivity index (χ2n) is 3.22. The van der Waals surface area contributed by atoms with Gasteiger partial charge >= 0.3 is 5.97 Å². The van der Waals surface area contributed by atoms with Gasteiger partial charge in [-0.2, -0.15) is 0 Å². The zero-order chi connectivity index (χ0) is 11.4. The zero-order valence-electron chi connectivity index (χ0n) is 8.10. The second kappa shape index (κ2) is 4.56. The number of benzene rings is 1. The third-order valence-electron chi connectivity index (χ3n) is 2.06. The van der Waals surface area contributed by atoms with Gasteiger partial charge in [-0.25, -0.2) is 0 Å².